The summed E-state index contributed by atoms with van der Waals surface area (Å²) in [6.07, 6.45) is 0. The molecule has 3 aromatic rings. The molecule has 0 aliphatic rings. The number of hydrogen-bond acceptors (Lipinski definition) is 6. The molecule has 1 aromatic heterocycles. The molecule has 26 heavy (non-hydrogen) atoms. The number of nitrogens with one attached hydrogen (secondary N) is 1. The van der Waals surface area contributed by atoms with E-state index in [1.54, 1.807) is 14.2 Å². The van der Waals surface area contributed by atoms with Crippen LogP contribution in [0.4, 0.5) is 23.1 Å². The minimum atomic E-state index is 0.523. The van der Waals surface area contributed by atoms with E-state index in [1.165, 1.54) is 0 Å². The summed E-state index contributed by atoms with van der Waals surface area (Å²) in [6.45, 7) is 1.95. The fraction of sp³-hybridized carbons (Fsp3) is 0.200. The van der Waals surface area contributed by atoms with E-state index in [0.717, 1.165) is 22.9 Å². The zero-order valence-electron chi connectivity index (χ0n) is 15.4. The number of nitrogens with zero attached hydrogens (tertiary/aromatic N) is 3. The van der Waals surface area contributed by atoms with Gasteiger partial charge in [0.2, 0.25) is 5.95 Å². The number of methoxy groups -OCH3 is 2. The van der Waals surface area contributed by atoms with Gasteiger partial charge in [-0.3, -0.25) is 0 Å². The van der Waals surface area contributed by atoms with Gasteiger partial charge in [-0.1, -0.05) is 18.2 Å². The highest BCUT2D eigenvalue weighted by Crippen LogP contribution is 2.31. The zero-order valence-corrected chi connectivity index (χ0v) is 15.4. The number of benzene rings is 2. The van der Waals surface area contributed by atoms with E-state index in [4.69, 9.17) is 9.47 Å². The molecule has 2 aromatic carbocycles. The maximum atomic E-state index is 5.34. The number of aromatic nitrogens is 2. The highest BCUT2D eigenvalue weighted by atomic mass is 16.5. The Kier molecular flexibility index (Phi) is 5.22. The van der Waals surface area contributed by atoms with Gasteiger partial charge in [-0.2, -0.15) is 4.98 Å². The molecule has 1 heterocycles. The quantitative estimate of drug-likeness (QED) is 0.715. The summed E-state index contributed by atoms with van der Waals surface area (Å²) in [5, 5.41) is 3.23. The molecule has 0 bridgehead atoms. The maximum absolute atomic E-state index is 5.34. The Morgan fingerprint density at radius 1 is 0.885 bits per heavy atom. The average molecular weight is 350 g/mol. The molecular weight excluding hydrogens is 328 g/mol. The predicted octanol–water partition coefficient (Wildman–Crippen LogP) is 4.31. The highest BCUT2D eigenvalue weighted by molar-refractivity contribution is 5.63. The molecule has 0 saturated carbocycles. The van der Waals surface area contributed by atoms with E-state index < -0.39 is 0 Å². The molecule has 0 aliphatic carbocycles. The minimum absolute atomic E-state index is 0.523. The van der Waals surface area contributed by atoms with Crippen LogP contribution in [0.15, 0.2) is 54.6 Å². The van der Waals surface area contributed by atoms with Gasteiger partial charge in [0.25, 0.3) is 0 Å². The van der Waals surface area contributed by atoms with Crippen LogP contribution in [0.3, 0.4) is 0 Å². The Morgan fingerprint density at radius 3 is 2.31 bits per heavy atom. The van der Waals surface area contributed by atoms with Crippen LogP contribution < -0.4 is 19.7 Å². The van der Waals surface area contributed by atoms with Gasteiger partial charge in [-0.05, 0) is 31.2 Å². The molecular formula is C20H22N4O2. The third-order valence-electron chi connectivity index (χ3n) is 3.97. The number of ether oxygens (including phenoxy) is 2. The molecule has 0 saturated heterocycles. The van der Waals surface area contributed by atoms with Crippen molar-refractivity contribution in [3.8, 4) is 11.5 Å². The number of para-hydroxylation sites is 1. The van der Waals surface area contributed by atoms with E-state index in [-0.39, 0.29) is 0 Å². The highest BCUT2D eigenvalue weighted by Gasteiger charge is 2.10. The second kappa shape index (κ2) is 7.74. The first-order valence-electron chi connectivity index (χ1n) is 8.24. The van der Waals surface area contributed by atoms with Gasteiger partial charge in [0.05, 0.1) is 14.2 Å². The Balaban J connectivity index is 1.88. The van der Waals surface area contributed by atoms with Crippen LogP contribution in [-0.2, 0) is 0 Å². The lowest BCUT2D eigenvalue weighted by Crippen LogP contribution is -2.13. The van der Waals surface area contributed by atoms with Crippen molar-refractivity contribution in [2.24, 2.45) is 0 Å². The van der Waals surface area contributed by atoms with Crippen LogP contribution in [-0.4, -0.2) is 31.2 Å². The van der Waals surface area contributed by atoms with Crippen molar-refractivity contribution in [2.45, 2.75) is 6.92 Å². The van der Waals surface area contributed by atoms with E-state index in [2.05, 4.69) is 15.3 Å². The van der Waals surface area contributed by atoms with E-state index in [1.807, 2.05) is 73.5 Å². The SMILES string of the molecule is COc1ccc(Nc2nc(C)cc(N(C)c3ccccc3)n2)cc1OC. The minimum Gasteiger partial charge on any atom is -0.493 e. The summed E-state index contributed by atoms with van der Waals surface area (Å²) in [6, 6.07) is 17.6. The van der Waals surface area contributed by atoms with Gasteiger partial charge in [-0.25, -0.2) is 4.98 Å². The fourth-order valence-electron chi connectivity index (χ4n) is 2.61. The van der Waals surface area contributed by atoms with Gasteiger partial charge < -0.3 is 19.7 Å². The van der Waals surface area contributed by atoms with Crippen molar-refractivity contribution >= 4 is 23.1 Å². The largest absolute Gasteiger partial charge is 0.493 e. The lowest BCUT2D eigenvalue weighted by Gasteiger charge is -2.19. The smallest absolute Gasteiger partial charge is 0.229 e. The molecule has 6 nitrogen and oxygen atoms in total. The van der Waals surface area contributed by atoms with Crippen LogP contribution in [0, 0.1) is 6.92 Å². The number of anilines is 4. The molecule has 0 unspecified atom stereocenters. The topological polar surface area (TPSA) is 59.5 Å². The average Bonchev–Trinajstić information content (AvgIpc) is 2.67. The lowest BCUT2D eigenvalue weighted by molar-refractivity contribution is 0.355. The monoisotopic (exact) mass is 350 g/mol. The Morgan fingerprint density at radius 2 is 1.62 bits per heavy atom. The van der Waals surface area contributed by atoms with Crippen LogP contribution in [0.2, 0.25) is 0 Å². The first-order chi connectivity index (χ1) is 12.6. The second-order valence-corrected chi connectivity index (χ2v) is 5.78. The van der Waals surface area contributed by atoms with Gasteiger partial charge in [-0.15, -0.1) is 0 Å². The van der Waals surface area contributed by atoms with Gasteiger partial charge in [0.15, 0.2) is 11.5 Å². The third kappa shape index (κ3) is 3.85. The fourth-order valence-corrected chi connectivity index (χ4v) is 2.61. The normalized spacial score (nSPS) is 10.3. The molecule has 0 aliphatic heterocycles. The van der Waals surface area contributed by atoms with Gasteiger partial charge >= 0.3 is 0 Å². The van der Waals surface area contributed by atoms with Crippen molar-refractivity contribution in [3.63, 3.8) is 0 Å². The second-order valence-electron chi connectivity index (χ2n) is 5.78. The van der Waals surface area contributed by atoms with E-state index in [0.29, 0.717) is 17.4 Å². The standard InChI is InChI=1S/C20H22N4O2/c1-14-12-19(24(2)16-8-6-5-7-9-16)23-20(21-14)22-15-10-11-17(25-3)18(13-15)26-4/h5-13H,1-4H3,(H,21,22,23). The van der Waals surface area contributed by atoms with E-state index >= 15 is 0 Å². The molecule has 0 spiro atoms. The first-order valence-corrected chi connectivity index (χ1v) is 8.24. The molecule has 134 valence electrons. The first kappa shape index (κ1) is 17.5. The van der Waals surface area contributed by atoms with Crippen molar-refractivity contribution in [3.05, 3.63) is 60.3 Å². The molecule has 0 atom stereocenters. The number of aryl methyl sites for hydroxylation is 1. The van der Waals surface area contributed by atoms with Gasteiger partial charge in [0, 0.05) is 36.2 Å². The van der Waals surface area contributed by atoms with Crippen LogP contribution in [0.1, 0.15) is 5.69 Å². The summed E-state index contributed by atoms with van der Waals surface area (Å²) >= 11 is 0. The van der Waals surface area contributed by atoms with Crippen molar-refractivity contribution < 1.29 is 9.47 Å². The summed E-state index contributed by atoms with van der Waals surface area (Å²) in [5.74, 6) is 2.65. The summed E-state index contributed by atoms with van der Waals surface area (Å²) in [5.41, 5.74) is 2.75. The molecule has 6 heteroatoms. The Hall–Kier alpha value is -3.28. The van der Waals surface area contributed by atoms with Crippen molar-refractivity contribution in [2.75, 3.05) is 31.5 Å². The maximum Gasteiger partial charge on any atom is 0.229 e. The lowest BCUT2D eigenvalue weighted by atomic mass is 10.2. The molecule has 1 N–H and O–H groups in total. The van der Waals surface area contributed by atoms with Crippen LogP contribution >= 0.6 is 0 Å². The van der Waals surface area contributed by atoms with Gasteiger partial charge in [0.1, 0.15) is 5.82 Å². The number of rotatable bonds is 6. The third-order valence-corrected chi connectivity index (χ3v) is 3.97. The Labute approximate surface area is 153 Å². The van der Waals surface area contributed by atoms with E-state index in [9.17, 15) is 0 Å². The summed E-state index contributed by atoms with van der Waals surface area (Å²) < 4.78 is 10.6. The molecule has 0 amide bonds. The number of hydrogen-bond donors (Lipinski definition) is 1. The molecule has 0 radical (unpaired) electrons. The molecule has 3 rings (SSSR count). The summed E-state index contributed by atoms with van der Waals surface area (Å²) in [7, 11) is 5.20. The van der Waals surface area contributed by atoms with Crippen LogP contribution in [0.5, 0.6) is 11.5 Å². The zero-order chi connectivity index (χ0) is 18.5. The predicted molar refractivity (Wildman–Crippen MR) is 104 cm³/mol. The summed E-state index contributed by atoms with van der Waals surface area (Å²) in [4.78, 5) is 11.1. The molecule has 0 fully saturated rings. The van der Waals surface area contributed by atoms with Crippen molar-refractivity contribution in [1.29, 1.82) is 0 Å². The van der Waals surface area contributed by atoms with Crippen LogP contribution in [0.25, 0.3) is 0 Å². The Bertz CT molecular complexity index is 884. The van der Waals surface area contributed by atoms with Crippen molar-refractivity contribution in [1.82, 2.24) is 9.97 Å².